The van der Waals surface area contributed by atoms with Gasteiger partial charge < -0.3 is 9.15 Å². The van der Waals surface area contributed by atoms with Gasteiger partial charge in [-0.05, 0) is 48.8 Å². The molecule has 1 heterocycles. The highest BCUT2D eigenvalue weighted by molar-refractivity contribution is 6.07. The first-order chi connectivity index (χ1) is 12.2. The fourth-order valence-corrected chi connectivity index (χ4v) is 3.12. The molecular weight excluding hydrogens is 316 g/mol. The summed E-state index contributed by atoms with van der Waals surface area (Å²) in [6, 6.07) is 13.3. The Labute approximate surface area is 146 Å². The van der Waals surface area contributed by atoms with Gasteiger partial charge in [0.05, 0.1) is 12.9 Å². The number of rotatable bonds is 5. The summed E-state index contributed by atoms with van der Waals surface area (Å²) in [4.78, 5) is 25.0. The van der Waals surface area contributed by atoms with Crippen LogP contribution < -0.4 is 0 Å². The highest BCUT2D eigenvalue weighted by Gasteiger charge is 2.38. The number of carbonyl (C=O) groups excluding carboxylic acids is 2. The van der Waals surface area contributed by atoms with Gasteiger partial charge in [-0.15, -0.1) is 0 Å². The van der Waals surface area contributed by atoms with Gasteiger partial charge >= 0.3 is 5.97 Å². The van der Waals surface area contributed by atoms with Crippen molar-refractivity contribution in [1.82, 2.24) is 0 Å². The van der Waals surface area contributed by atoms with Gasteiger partial charge in [0.2, 0.25) is 0 Å². The van der Waals surface area contributed by atoms with E-state index in [2.05, 4.69) is 0 Å². The minimum atomic E-state index is -0.789. The number of benzene rings is 1. The molecule has 4 nitrogen and oxygen atoms in total. The van der Waals surface area contributed by atoms with Crippen LogP contribution in [0.2, 0.25) is 0 Å². The van der Waals surface area contributed by atoms with Crippen LogP contribution in [0.5, 0.6) is 0 Å². The molecule has 0 saturated carbocycles. The Kier molecular flexibility index (Phi) is 5.29. The minimum Gasteiger partial charge on any atom is -0.465 e. The molecular formula is C21H20O4. The number of ketones is 1. The van der Waals surface area contributed by atoms with Gasteiger partial charge in [0.25, 0.3) is 0 Å². The Morgan fingerprint density at radius 2 is 2.00 bits per heavy atom. The van der Waals surface area contributed by atoms with E-state index < -0.39 is 11.9 Å². The molecule has 1 aliphatic rings. The molecule has 4 heteroatoms. The zero-order chi connectivity index (χ0) is 17.6. The highest BCUT2D eigenvalue weighted by atomic mass is 16.5. The van der Waals surface area contributed by atoms with Crippen molar-refractivity contribution in [3.8, 4) is 0 Å². The zero-order valence-electron chi connectivity index (χ0n) is 14.1. The van der Waals surface area contributed by atoms with Crippen molar-refractivity contribution in [1.29, 1.82) is 0 Å². The second-order valence-corrected chi connectivity index (χ2v) is 5.92. The van der Waals surface area contributed by atoms with Crippen molar-refractivity contribution in [2.45, 2.75) is 19.3 Å². The monoisotopic (exact) mass is 336 g/mol. The van der Waals surface area contributed by atoms with Gasteiger partial charge in [-0.3, -0.25) is 9.59 Å². The quantitative estimate of drug-likeness (QED) is 0.608. The second-order valence-electron chi connectivity index (χ2n) is 5.92. The summed E-state index contributed by atoms with van der Waals surface area (Å²) < 4.78 is 10.4. The van der Waals surface area contributed by atoms with E-state index in [1.165, 1.54) is 0 Å². The molecule has 1 aromatic heterocycles. The van der Waals surface area contributed by atoms with E-state index in [4.69, 9.17) is 9.15 Å². The van der Waals surface area contributed by atoms with Gasteiger partial charge in [0.1, 0.15) is 11.7 Å². The van der Waals surface area contributed by atoms with Gasteiger partial charge in [-0.1, -0.05) is 36.4 Å². The molecule has 0 bridgehead atoms. The number of hydrogen-bond acceptors (Lipinski definition) is 4. The molecule has 128 valence electrons. The van der Waals surface area contributed by atoms with Crippen LogP contribution in [-0.2, 0) is 14.3 Å². The maximum Gasteiger partial charge on any atom is 0.317 e. The summed E-state index contributed by atoms with van der Waals surface area (Å²) >= 11 is 0. The summed E-state index contributed by atoms with van der Waals surface area (Å²) in [5.74, 6) is -0.960. The molecule has 0 saturated heterocycles. The number of carbonyl (C=O) groups is 2. The summed E-state index contributed by atoms with van der Waals surface area (Å²) in [6.07, 6.45) is 7.43. The van der Waals surface area contributed by atoms with E-state index in [1.807, 2.05) is 54.6 Å². The first kappa shape index (κ1) is 17.0. The van der Waals surface area contributed by atoms with Crippen LogP contribution in [0.1, 0.15) is 30.6 Å². The Morgan fingerprint density at radius 3 is 2.68 bits per heavy atom. The summed E-state index contributed by atoms with van der Waals surface area (Å²) in [5, 5.41) is 0. The molecule has 2 atom stereocenters. The smallest absolute Gasteiger partial charge is 0.317 e. The molecule has 1 aliphatic carbocycles. The topological polar surface area (TPSA) is 56.5 Å². The predicted molar refractivity (Wildman–Crippen MR) is 94.8 cm³/mol. The van der Waals surface area contributed by atoms with Crippen molar-refractivity contribution in [2.24, 2.45) is 5.92 Å². The summed E-state index contributed by atoms with van der Waals surface area (Å²) in [7, 11) is 0. The number of ether oxygens (including phenoxy) is 1. The zero-order valence-corrected chi connectivity index (χ0v) is 14.1. The van der Waals surface area contributed by atoms with E-state index in [0.29, 0.717) is 6.42 Å². The fourth-order valence-electron chi connectivity index (χ4n) is 3.12. The molecule has 0 aliphatic heterocycles. The maximum atomic E-state index is 12.6. The van der Waals surface area contributed by atoms with Crippen LogP contribution >= 0.6 is 0 Å². The molecule has 2 aromatic rings. The average molecular weight is 336 g/mol. The average Bonchev–Trinajstić information content (AvgIpc) is 3.14. The van der Waals surface area contributed by atoms with E-state index in [1.54, 1.807) is 19.3 Å². The molecule has 0 fully saturated rings. The molecule has 1 aromatic carbocycles. The van der Waals surface area contributed by atoms with E-state index >= 15 is 0 Å². The molecule has 0 amide bonds. The lowest BCUT2D eigenvalue weighted by atomic mass is 9.75. The van der Waals surface area contributed by atoms with E-state index in [-0.39, 0.29) is 18.3 Å². The van der Waals surface area contributed by atoms with Crippen molar-refractivity contribution >= 4 is 17.8 Å². The third kappa shape index (κ3) is 3.97. The van der Waals surface area contributed by atoms with Crippen molar-refractivity contribution < 1.29 is 18.7 Å². The van der Waals surface area contributed by atoms with Crippen LogP contribution in [-0.4, -0.2) is 18.4 Å². The van der Waals surface area contributed by atoms with Gasteiger partial charge in [0.15, 0.2) is 5.78 Å². The number of allylic oxidation sites excluding steroid dienone is 3. The second kappa shape index (κ2) is 7.79. The number of hydrogen-bond donors (Lipinski definition) is 0. The fraction of sp³-hybridized carbons (Fsp3) is 0.238. The van der Waals surface area contributed by atoms with E-state index in [9.17, 15) is 9.59 Å². The third-order valence-electron chi connectivity index (χ3n) is 4.27. The largest absolute Gasteiger partial charge is 0.465 e. The normalized spacial score (nSPS) is 20.5. The highest BCUT2D eigenvalue weighted by Crippen LogP contribution is 2.37. The van der Waals surface area contributed by atoms with Crippen LogP contribution in [0.25, 0.3) is 6.08 Å². The van der Waals surface area contributed by atoms with Gasteiger partial charge in [-0.2, -0.15) is 0 Å². The van der Waals surface area contributed by atoms with Crippen LogP contribution in [0.3, 0.4) is 0 Å². The van der Waals surface area contributed by atoms with Crippen LogP contribution in [0.15, 0.2) is 70.9 Å². The SMILES string of the molecule is CCOC(=O)[C@@H]1C(=O)C=C(/C=C\c2ccco2)C[C@H]1c1ccccc1. The number of furan rings is 1. The Morgan fingerprint density at radius 1 is 1.20 bits per heavy atom. The molecule has 0 radical (unpaired) electrons. The minimum absolute atomic E-state index is 0.211. The maximum absolute atomic E-state index is 12.6. The Bertz CT molecular complexity index is 785. The van der Waals surface area contributed by atoms with Crippen molar-refractivity contribution in [3.63, 3.8) is 0 Å². The summed E-state index contributed by atoms with van der Waals surface area (Å²) in [6.45, 7) is 2.01. The lowest BCUT2D eigenvalue weighted by molar-refractivity contribution is -0.151. The predicted octanol–water partition coefficient (Wildman–Crippen LogP) is 4.16. The molecule has 0 N–H and O–H groups in total. The Hall–Kier alpha value is -2.88. The van der Waals surface area contributed by atoms with E-state index in [0.717, 1.165) is 16.9 Å². The first-order valence-electron chi connectivity index (χ1n) is 8.36. The lowest BCUT2D eigenvalue weighted by Crippen LogP contribution is -2.34. The lowest BCUT2D eigenvalue weighted by Gasteiger charge is -2.28. The first-order valence-corrected chi connectivity index (χ1v) is 8.36. The molecule has 25 heavy (non-hydrogen) atoms. The number of esters is 1. The van der Waals surface area contributed by atoms with Crippen LogP contribution in [0.4, 0.5) is 0 Å². The molecule has 0 spiro atoms. The molecule has 0 unspecified atom stereocenters. The van der Waals surface area contributed by atoms with Gasteiger partial charge in [0, 0.05) is 5.92 Å². The third-order valence-corrected chi connectivity index (χ3v) is 4.27. The van der Waals surface area contributed by atoms with Gasteiger partial charge in [-0.25, -0.2) is 0 Å². The Balaban J connectivity index is 1.90. The molecule has 3 rings (SSSR count). The van der Waals surface area contributed by atoms with Crippen LogP contribution in [0, 0.1) is 5.92 Å². The van der Waals surface area contributed by atoms with Crippen molar-refractivity contribution in [2.75, 3.05) is 6.61 Å². The summed E-state index contributed by atoms with van der Waals surface area (Å²) in [5.41, 5.74) is 1.83. The van der Waals surface area contributed by atoms with Crippen molar-refractivity contribution in [3.05, 3.63) is 77.8 Å². The standard InChI is InChI=1S/C21H20O4/c1-2-24-21(23)20-18(16-7-4-3-5-8-16)13-15(14-19(20)22)10-11-17-9-6-12-25-17/h3-12,14,18,20H,2,13H2,1H3/b11-10-/t18-,20-/m0/s1.